The smallest absolute Gasteiger partial charge is 0.241 e. The Kier molecular flexibility index (Phi) is 5.03. The van der Waals surface area contributed by atoms with E-state index in [0.29, 0.717) is 19.4 Å². The third-order valence-corrected chi connectivity index (χ3v) is 9.18. The van der Waals surface area contributed by atoms with Crippen LogP contribution in [0.25, 0.3) is 0 Å². The Labute approximate surface area is 195 Å². The number of ether oxygens (including phenoxy) is 1. The van der Waals surface area contributed by atoms with Crippen molar-refractivity contribution < 1.29 is 17.9 Å². The fraction of sp³-hybridized carbons (Fsp3) is 0.500. The molecular formula is C26H30N2O4S. The van der Waals surface area contributed by atoms with Crippen molar-refractivity contribution in [3.05, 3.63) is 53.6 Å². The quantitative estimate of drug-likeness (QED) is 0.720. The molecule has 2 aliphatic heterocycles. The van der Waals surface area contributed by atoms with Crippen LogP contribution in [0.5, 0.6) is 5.75 Å². The second-order valence-corrected chi connectivity index (χ2v) is 11.8. The van der Waals surface area contributed by atoms with Crippen molar-refractivity contribution in [2.75, 3.05) is 11.4 Å². The molecule has 4 aliphatic rings. The van der Waals surface area contributed by atoms with Gasteiger partial charge in [0.25, 0.3) is 0 Å². The lowest BCUT2D eigenvalue weighted by Crippen LogP contribution is -2.46. The summed E-state index contributed by atoms with van der Waals surface area (Å²) in [6, 6.07) is 12.7. The van der Waals surface area contributed by atoms with Crippen LogP contribution in [0, 0.1) is 5.92 Å². The molecule has 0 saturated heterocycles. The van der Waals surface area contributed by atoms with Crippen LogP contribution >= 0.6 is 0 Å². The molecule has 1 spiro atoms. The first kappa shape index (κ1) is 21.2. The highest BCUT2D eigenvalue weighted by Crippen LogP contribution is 2.46. The molecule has 1 amide bonds. The van der Waals surface area contributed by atoms with E-state index >= 15 is 0 Å². The molecular weight excluding hydrogens is 436 g/mol. The minimum atomic E-state index is -3.73. The number of carbonyl (C=O) groups is 1. The highest BCUT2D eigenvalue weighted by atomic mass is 32.2. The minimum Gasteiger partial charge on any atom is -0.487 e. The largest absolute Gasteiger partial charge is 0.487 e. The van der Waals surface area contributed by atoms with Crippen LogP contribution in [0.3, 0.4) is 0 Å². The number of para-hydroxylation sites is 1. The Hall–Kier alpha value is -2.38. The number of benzene rings is 2. The molecule has 1 N–H and O–H groups in total. The zero-order valence-corrected chi connectivity index (χ0v) is 19.6. The maximum atomic E-state index is 13.5. The monoisotopic (exact) mass is 466 g/mol. The van der Waals surface area contributed by atoms with Crippen molar-refractivity contribution in [3.8, 4) is 5.75 Å². The molecule has 2 fully saturated rings. The molecule has 0 unspecified atom stereocenters. The van der Waals surface area contributed by atoms with Crippen molar-refractivity contribution >= 4 is 21.6 Å². The molecule has 0 bridgehead atoms. The van der Waals surface area contributed by atoms with E-state index in [1.54, 1.807) is 18.2 Å². The zero-order valence-electron chi connectivity index (χ0n) is 18.8. The topological polar surface area (TPSA) is 75.7 Å². The molecule has 0 aromatic heterocycles. The van der Waals surface area contributed by atoms with Gasteiger partial charge in [0.1, 0.15) is 11.4 Å². The number of hydrogen-bond donors (Lipinski definition) is 1. The molecule has 6 nitrogen and oxygen atoms in total. The lowest BCUT2D eigenvalue weighted by atomic mass is 9.77. The number of sulfonamides is 1. The number of hydrogen-bond acceptors (Lipinski definition) is 4. The van der Waals surface area contributed by atoms with Gasteiger partial charge in [-0.15, -0.1) is 0 Å². The number of anilines is 1. The molecule has 7 heteroatoms. The van der Waals surface area contributed by atoms with Gasteiger partial charge in [-0.3, -0.25) is 4.79 Å². The molecule has 33 heavy (non-hydrogen) atoms. The van der Waals surface area contributed by atoms with Crippen LogP contribution in [0.1, 0.15) is 68.5 Å². The standard InChI is InChI=1S/C26H30N2O4S/c29-25(18-8-9-18)28-15-12-19-16-20(10-11-23(19)28)33(30,31)27-22-17-26(13-4-1-5-14-26)32-24-7-3-2-6-21(22)24/h2-3,6-7,10-11,16,18,22,27H,1,4-5,8-9,12-15,17H2/t22-/m1/s1. The van der Waals surface area contributed by atoms with E-state index in [1.165, 1.54) is 6.42 Å². The van der Waals surface area contributed by atoms with Gasteiger partial charge in [-0.2, -0.15) is 0 Å². The van der Waals surface area contributed by atoms with Crippen LogP contribution in [0.4, 0.5) is 5.69 Å². The highest BCUT2D eigenvalue weighted by molar-refractivity contribution is 7.89. The predicted octanol–water partition coefficient (Wildman–Crippen LogP) is 4.49. The number of nitrogens with one attached hydrogen (secondary N) is 1. The van der Waals surface area contributed by atoms with E-state index in [1.807, 2.05) is 29.2 Å². The number of fused-ring (bicyclic) bond motifs is 2. The summed E-state index contributed by atoms with van der Waals surface area (Å²) in [5.41, 5.74) is 2.41. The summed E-state index contributed by atoms with van der Waals surface area (Å²) in [4.78, 5) is 14.7. The highest BCUT2D eigenvalue weighted by Gasteiger charge is 2.43. The fourth-order valence-corrected chi connectivity index (χ4v) is 7.07. The molecule has 2 aliphatic carbocycles. The Morgan fingerprint density at radius 2 is 1.85 bits per heavy atom. The summed E-state index contributed by atoms with van der Waals surface area (Å²) in [6.45, 7) is 0.636. The predicted molar refractivity (Wildman–Crippen MR) is 126 cm³/mol. The van der Waals surface area contributed by atoms with E-state index in [4.69, 9.17) is 4.74 Å². The van der Waals surface area contributed by atoms with E-state index in [-0.39, 0.29) is 28.4 Å². The average molecular weight is 467 g/mol. The molecule has 2 saturated carbocycles. The Balaban J connectivity index is 1.28. The van der Waals surface area contributed by atoms with Gasteiger partial charge in [0.15, 0.2) is 0 Å². The van der Waals surface area contributed by atoms with Gasteiger partial charge >= 0.3 is 0 Å². The van der Waals surface area contributed by atoms with Crippen molar-refractivity contribution in [3.63, 3.8) is 0 Å². The first-order valence-corrected chi connectivity index (χ1v) is 13.7. The molecule has 2 aromatic carbocycles. The summed E-state index contributed by atoms with van der Waals surface area (Å²) < 4.78 is 36.4. The molecule has 0 radical (unpaired) electrons. The second-order valence-electron chi connectivity index (χ2n) is 10.1. The summed E-state index contributed by atoms with van der Waals surface area (Å²) in [5, 5.41) is 0. The lowest BCUT2D eigenvalue weighted by molar-refractivity contribution is -0.119. The van der Waals surface area contributed by atoms with Crippen molar-refractivity contribution in [2.45, 2.75) is 74.3 Å². The van der Waals surface area contributed by atoms with Crippen molar-refractivity contribution in [1.82, 2.24) is 4.72 Å². The van der Waals surface area contributed by atoms with Gasteiger partial charge in [0.2, 0.25) is 15.9 Å². The minimum absolute atomic E-state index is 0.154. The number of rotatable bonds is 4. The van der Waals surface area contributed by atoms with Crippen LogP contribution in [0.15, 0.2) is 47.4 Å². The number of carbonyl (C=O) groups excluding carboxylic acids is 1. The maximum absolute atomic E-state index is 13.5. The van der Waals surface area contributed by atoms with Gasteiger partial charge in [0.05, 0.1) is 10.9 Å². The van der Waals surface area contributed by atoms with E-state index in [0.717, 1.165) is 61.1 Å². The summed E-state index contributed by atoms with van der Waals surface area (Å²) >= 11 is 0. The SMILES string of the molecule is O=C(C1CC1)N1CCc2cc(S(=O)(=O)N[C@@H]3CC4(CCCCC4)Oc4ccccc43)ccc21. The average Bonchev–Trinajstić information content (AvgIpc) is 3.57. The van der Waals surface area contributed by atoms with Crippen LogP contribution in [-0.4, -0.2) is 26.5 Å². The van der Waals surface area contributed by atoms with Crippen LogP contribution < -0.4 is 14.4 Å². The summed E-state index contributed by atoms with van der Waals surface area (Å²) in [7, 11) is -3.73. The molecule has 2 heterocycles. The Morgan fingerprint density at radius 3 is 2.64 bits per heavy atom. The fourth-order valence-electron chi connectivity index (χ4n) is 5.81. The zero-order chi connectivity index (χ0) is 22.6. The summed E-state index contributed by atoms with van der Waals surface area (Å²) in [6.07, 6.45) is 8.64. The van der Waals surface area contributed by atoms with E-state index in [2.05, 4.69) is 4.72 Å². The molecule has 174 valence electrons. The normalized spacial score (nSPS) is 23.6. The van der Waals surface area contributed by atoms with E-state index < -0.39 is 10.0 Å². The van der Waals surface area contributed by atoms with Crippen molar-refractivity contribution in [1.29, 1.82) is 0 Å². The van der Waals surface area contributed by atoms with Gasteiger partial charge in [-0.25, -0.2) is 13.1 Å². The van der Waals surface area contributed by atoms with Crippen LogP contribution in [0.2, 0.25) is 0 Å². The molecule has 2 aromatic rings. The second kappa shape index (κ2) is 7.84. The maximum Gasteiger partial charge on any atom is 0.241 e. The van der Waals surface area contributed by atoms with Crippen LogP contribution in [-0.2, 0) is 21.2 Å². The van der Waals surface area contributed by atoms with Gasteiger partial charge < -0.3 is 9.64 Å². The van der Waals surface area contributed by atoms with E-state index in [9.17, 15) is 13.2 Å². The van der Waals surface area contributed by atoms with Crippen molar-refractivity contribution in [2.24, 2.45) is 5.92 Å². The number of nitrogens with zero attached hydrogens (tertiary/aromatic N) is 1. The third kappa shape index (κ3) is 3.85. The summed E-state index contributed by atoms with van der Waals surface area (Å²) in [5.74, 6) is 1.13. The number of amides is 1. The lowest BCUT2D eigenvalue weighted by Gasteiger charge is -2.44. The first-order valence-electron chi connectivity index (χ1n) is 12.2. The Bertz CT molecular complexity index is 1200. The Morgan fingerprint density at radius 1 is 1.06 bits per heavy atom. The van der Waals surface area contributed by atoms with Gasteiger partial charge in [-0.1, -0.05) is 24.6 Å². The molecule has 6 rings (SSSR count). The third-order valence-electron chi connectivity index (χ3n) is 7.71. The first-order chi connectivity index (χ1) is 15.9. The van der Waals surface area contributed by atoms with Gasteiger partial charge in [-0.05, 0) is 74.8 Å². The van der Waals surface area contributed by atoms with Gasteiger partial charge in [0, 0.05) is 30.1 Å². The molecule has 1 atom stereocenters.